The first-order chi connectivity index (χ1) is 16.3. The molecule has 7 nitrogen and oxygen atoms in total. The number of nitrogens with zero attached hydrogens (tertiary/aromatic N) is 1. The number of fused-ring (bicyclic) bond motifs is 1. The standard InChI is InChI=1S/C26H31FN4O3/c1-3-10-26(14-18(26)16-8-6-5-7-9-16)30-12-11-29-19-13-20-21(23(28)22(19)27)24(32)17(25(33)34)15-31(20)4-2/h5-9,13,15,18,29-30H,3-4,10-12,14,28H2,1-2H3,(H,33,34)/t18-,26-/m1/s1. The smallest absolute Gasteiger partial charge is 0.341 e. The summed E-state index contributed by atoms with van der Waals surface area (Å²) in [6.45, 7) is 5.51. The van der Waals surface area contributed by atoms with Crippen LogP contribution in [0, 0.1) is 5.82 Å². The van der Waals surface area contributed by atoms with Crippen molar-refractivity contribution in [3.63, 3.8) is 0 Å². The average Bonchev–Trinajstić information content (AvgIpc) is 3.54. The van der Waals surface area contributed by atoms with Gasteiger partial charge < -0.3 is 26.0 Å². The van der Waals surface area contributed by atoms with Gasteiger partial charge in [0.25, 0.3) is 0 Å². The van der Waals surface area contributed by atoms with E-state index in [9.17, 15) is 14.7 Å². The van der Waals surface area contributed by atoms with E-state index in [0.717, 1.165) is 19.3 Å². The molecule has 0 saturated heterocycles. The molecule has 3 aromatic rings. The molecule has 0 spiro atoms. The number of aryl methyl sites for hydroxylation is 1. The molecule has 0 bridgehead atoms. The fourth-order valence-corrected chi connectivity index (χ4v) is 5.03. The van der Waals surface area contributed by atoms with Crippen LogP contribution in [-0.4, -0.2) is 34.3 Å². The van der Waals surface area contributed by atoms with Gasteiger partial charge in [0.15, 0.2) is 5.82 Å². The van der Waals surface area contributed by atoms with Crippen LogP contribution in [0.2, 0.25) is 0 Å². The Labute approximate surface area is 197 Å². The van der Waals surface area contributed by atoms with E-state index in [0.29, 0.717) is 31.1 Å². The molecule has 0 amide bonds. The third-order valence-electron chi connectivity index (χ3n) is 6.81. The molecule has 0 aliphatic heterocycles. The maximum absolute atomic E-state index is 15.1. The quantitative estimate of drug-likeness (QED) is 0.264. The molecule has 2 atom stereocenters. The molecule has 34 heavy (non-hydrogen) atoms. The highest BCUT2D eigenvalue weighted by Crippen LogP contribution is 2.54. The van der Waals surface area contributed by atoms with Crippen molar-refractivity contribution >= 4 is 28.2 Å². The lowest BCUT2D eigenvalue weighted by molar-refractivity contribution is 0.0695. The number of aromatic nitrogens is 1. The van der Waals surface area contributed by atoms with Gasteiger partial charge in [0.1, 0.15) is 5.56 Å². The van der Waals surface area contributed by atoms with E-state index in [-0.39, 0.29) is 22.3 Å². The second-order valence-electron chi connectivity index (χ2n) is 8.94. The van der Waals surface area contributed by atoms with E-state index in [1.165, 1.54) is 17.8 Å². The number of aromatic carboxylic acids is 1. The van der Waals surface area contributed by atoms with Gasteiger partial charge in [0.05, 0.1) is 22.3 Å². The van der Waals surface area contributed by atoms with E-state index in [2.05, 4.69) is 41.8 Å². The first-order valence-corrected chi connectivity index (χ1v) is 11.7. The number of nitrogens with one attached hydrogen (secondary N) is 2. The van der Waals surface area contributed by atoms with Crippen LogP contribution in [0.4, 0.5) is 15.8 Å². The lowest BCUT2D eigenvalue weighted by Gasteiger charge is -2.20. The van der Waals surface area contributed by atoms with Crippen molar-refractivity contribution in [3.05, 3.63) is 69.8 Å². The number of nitrogens with two attached hydrogens (primary N) is 1. The lowest BCUT2D eigenvalue weighted by atomic mass is 10.0. The number of anilines is 2. The Kier molecular flexibility index (Phi) is 6.61. The fourth-order valence-electron chi connectivity index (χ4n) is 5.03. The molecule has 4 rings (SSSR count). The Balaban J connectivity index is 1.52. The largest absolute Gasteiger partial charge is 0.477 e. The Hall–Kier alpha value is -3.39. The van der Waals surface area contributed by atoms with Crippen LogP contribution in [0.3, 0.4) is 0 Å². The number of rotatable bonds is 10. The molecule has 1 heterocycles. The Morgan fingerprint density at radius 1 is 1.26 bits per heavy atom. The summed E-state index contributed by atoms with van der Waals surface area (Å²) in [4.78, 5) is 24.1. The summed E-state index contributed by atoms with van der Waals surface area (Å²) >= 11 is 0. The monoisotopic (exact) mass is 466 g/mol. The molecule has 1 fully saturated rings. The zero-order chi connectivity index (χ0) is 24.5. The van der Waals surface area contributed by atoms with Crippen LogP contribution in [0.1, 0.15) is 54.9 Å². The van der Waals surface area contributed by atoms with Gasteiger partial charge in [-0.3, -0.25) is 4.79 Å². The summed E-state index contributed by atoms with van der Waals surface area (Å²) in [6.07, 6.45) is 4.50. The van der Waals surface area contributed by atoms with Gasteiger partial charge in [-0.15, -0.1) is 0 Å². The van der Waals surface area contributed by atoms with Gasteiger partial charge in [0.2, 0.25) is 5.43 Å². The molecular weight excluding hydrogens is 435 g/mol. The highest BCUT2D eigenvalue weighted by atomic mass is 19.1. The number of carboxylic acids is 1. The summed E-state index contributed by atoms with van der Waals surface area (Å²) in [5.41, 5.74) is 6.43. The van der Waals surface area contributed by atoms with E-state index in [4.69, 9.17) is 5.73 Å². The van der Waals surface area contributed by atoms with E-state index < -0.39 is 22.8 Å². The minimum absolute atomic E-state index is 0.0642. The van der Waals surface area contributed by atoms with Crippen molar-refractivity contribution in [1.29, 1.82) is 0 Å². The number of carbonyl (C=O) groups is 1. The van der Waals surface area contributed by atoms with Crippen LogP contribution in [0.25, 0.3) is 10.9 Å². The molecule has 5 N–H and O–H groups in total. The Bertz CT molecular complexity index is 1270. The highest BCUT2D eigenvalue weighted by Gasteiger charge is 2.53. The Morgan fingerprint density at radius 2 is 2.00 bits per heavy atom. The number of benzene rings is 2. The van der Waals surface area contributed by atoms with E-state index >= 15 is 4.39 Å². The van der Waals surface area contributed by atoms with Gasteiger partial charge in [-0.25, -0.2) is 9.18 Å². The first kappa shape index (κ1) is 23.8. The van der Waals surface area contributed by atoms with Crippen LogP contribution in [-0.2, 0) is 6.54 Å². The molecule has 8 heteroatoms. The van der Waals surface area contributed by atoms with E-state index in [1.807, 2.05) is 13.0 Å². The molecular formula is C26H31FN4O3. The number of hydrogen-bond donors (Lipinski definition) is 4. The van der Waals surface area contributed by atoms with Gasteiger partial charge in [0, 0.05) is 37.3 Å². The zero-order valence-corrected chi connectivity index (χ0v) is 19.5. The van der Waals surface area contributed by atoms with Crippen molar-refractivity contribution in [1.82, 2.24) is 9.88 Å². The predicted octanol–water partition coefficient (Wildman–Crippen LogP) is 4.17. The third-order valence-corrected chi connectivity index (χ3v) is 6.81. The highest BCUT2D eigenvalue weighted by molar-refractivity contribution is 5.99. The predicted molar refractivity (Wildman–Crippen MR) is 133 cm³/mol. The summed E-state index contributed by atoms with van der Waals surface area (Å²) in [7, 11) is 0. The number of hydrogen-bond acceptors (Lipinski definition) is 5. The third kappa shape index (κ3) is 4.25. The van der Waals surface area contributed by atoms with Gasteiger partial charge >= 0.3 is 5.97 Å². The second kappa shape index (κ2) is 9.46. The molecule has 1 aliphatic carbocycles. The number of halogens is 1. The van der Waals surface area contributed by atoms with E-state index in [1.54, 1.807) is 4.57 Å². The van der Waals surface area contributed by atoms with Crippen molar-refractivity contribution in [2.75, 3.05) is 24.1 Å². The normalized spacial score (nSPS) is 19.3. The summed E-state index contributed by atoms with van der Waals surface area (Å²) in [6, 6.07) is 12.0. The molecule has 0 radical (unpaired) electrons. The molecule has 1 saturated carbocycles. The summed E-state index contributed by atoms with van der Waals surface area (Å²) in [5.74, 6) is -1.63. The average molecular weight is 467 g/mol. The molecule has 0 unspecified atom stereocenters. The van der Waals surface area contributed by atoms with Gasteiger partial charge in [-0.1, -0.05) is 43.7 Å². The minimum Gasteiger partial charge on any atom is -0.477 e. The maximum atomic E-state index is 15.1. The van der Waals surface area contributed by atoms with Crippen LogP contribution < -0.4 is 21.8 Å². The molecule has 180 valence electrons. The van der Waals surface area contributed by atoms with Crippen molar-refractivity contribution < 1.29 is 14.3 Å². The minimum atomic E-state index is -1.36. The number of nitrogen functional groups attached to an aromatic ring is 1. The topological polar surface area (TPSA) is 109 Å². The number of carboxylic acid groups (broad SMARTS) is 1. The van der Waals surface area contributed by atoms with Crippen LogP contribution >= 0.6 is 0 Å². The van der Waals surface area contributed by atoms with Gasteiger partial charge in [-0.2, -0.15) is 0 Å². The van der Waals surface area contributed by atoms with Crippen molar-refractivity contribution in [2.24, 2.45) is 0 Å². The van der Waals surface area contributed by atoms with Crippen molar-refractivity contribution in [2.45, 2.75) is 51.1 Å². The zero-order valence-electron chi connectivity index (χ0n) is 19.5. The fraction of sp³-hybridized carbons (Fsp3) is 0.385. The molecule has 1 aromatic heterocycles. The molecule has 2 aromatic carbocycles. The van der Waals surface area contributed by atoms with Gasteiger partial charge in [-0.05, 0) is 31.4 Å². The summed E-state index contributed by atoms with van der Waals surface area (Å²) in [5, 5.41) is 16.0. The lowest BCUT2D eigenvalue weighted by Crippen LogP contribution is -2.36. The van der Waals surface area contributed by atoms with Crippen LogP contribution in [0.15, 0.2) is 47.4 Å². The van der Waals surface area contributed by atoms with Crippen molar-refractivity contribution in [3.8, 4) is 0 Å². The molecule has 1 aliphatic rings. The Morgan fingerprint density at radius 3 is 2.65 bits per heavy atom. The maximum Gasteiger partial charge on any atom is 0.341 e. The first-order valence-electron chi connectivity index (χ1n) is 11.7. The summed E-state index contributed by atoms with van der Waals surface area (Å²) < 4.78 is 16.7. The SMILES string of the molecule is CCC[C@@]1(NCCNc2cc3c(c(N)c2F)c(=O)c(C(=O)O)cn3CC)C[C@@H]1c1ccccc1. The van der Waals surface area contributed by atoms with Crippen LogP contribution in [0.5, 0.6) is 0 Å². The second-order valence-corrected chi connectivity index (χ2v) is 8.94. The number of pyridine rings is 1.